The Morgan fingerprint density at radius 1 is 1.00 bits per heavy atom. The van der Waals surface area contributed by atoms with E-state index in [2.05, 4.69) is 19.1 Å². The average Bonchev–Trinajstić information content (AvgIpc) is 2.49. The van der Waals surface area contributed by atoms with Gasteiger partial charge in [-0.05, 0) is 28.8 Å². The van der Waals surface area contributed by atoms with Crippen molar-refractivity contribution in [2.24, 2.45) is 0 Å². The molecule has 0 aliphatic rings. The molecule has 2 aromatic rings. The first kappa shape index (κ1) is 17.5. The van der Waals surface area contributed by atoms with Gasteiger partial charge in [-0.25, -0.2) is 0 Å². The lowest BCUT2D eigenvalue weighted by atomic mass is 10.0. The SMILES string of the molecule is C=O.CC.CCc1cccc2c(S(C)=O)cccc12. The minimum Gasteiger partial charge on any atom is -0.307 e. The van der Waals surface area contributed by atoms with Crippen LogP contribution in [0.4, 0.5) is 0 Å². The predicted octanol–water partition coefficient (Wildman–Crippen LogP) is 3.98. The fourth-order valence-corrected chi connectivity index (χ4v) is 2.66. The summed E-state index contributed by atoms with van der Waals surface area (Å²) < 4.78 is 11.6. The third-order valence-electron chi connectivity index (χ3n) is 2.66. The fourth-order valence-electron chi connectivity index (χ4n) is 1.91. The first-order valence-corrected chi connectivity index (χ1v) is 7.92. The summed E-state index contributed by atoms with van der Waals surface area (Å²) in [6.07, 6.45) is 2.74. The maximum Gasteiger partial charge on any atom is 0.106 e. The Labute approximate surface area is 118 Å². The van der Waals surface area contributed by atoms with Crippen LogP contribution < -0.4 is 0 Å². The van der Waals surface area contributed by atoms with Gasteiger partial charge in [0.1, 0.15) is 6.79 Å². The van der Waals surface area contributed by atoms with Gasteiger partial charge in [-0.15, -0.1) is 0 Å². The van der Waals surface area contributed by atoms with Crippen molar-refractivity contribution >= 4 is 28.4 Å². The van der Waals surface area contributed by atoms with Gasteiger partial charge in [-0.3, -0.25) is 4.21 Å². The van der Waals surface area contributed by atoms with Crippen LogP contribution in [0.5, 0.6) is 0 Å². The molecule has 104 valence electrons. The number of hydrogen-bond acceptors (Lipinski definition) is 2. The second-order valence-corrected chi connectivity index (χ2v) is 4.92. The summed E-state index contributed by atoms with van der Waals surface area (Å²) in [5, 5.41) is 2.35. The van der Waals surface area contributed by atoms with Crippen molar-refractivity contribution in [3.05, 3.63) is 42.0 Å². The zero-order valence-electron chi connectivity index (χ0n) is 12.1. The Bertz CT molecular complexity index is 535. The molecule has 0 heterocycles. The second-order valence-electron chi connectivity index (χ2n) is 3.58. The molecule has 2 rings (SSSR count). The molecule has 3 heteroatoms. The summed E-state index contributed by atoms with van der Waals surface area (Å²) in [7, 11) is -0.914. The van der Waals surface area contributed by atoms with E-state index in [0.29, 0.717) is 0 Å². The summed E-state index contributed by atoms with van der Waals surface area (Å²) in [4.78, 5) is 8.93. The van der Waals surface area contributed by atoms with Gasteiger partial charge in [0.15, 0.2) is 0 Å². The Morgan fingerprint density at radius 3 is 2.05 bits per heavy atom. The molecule has 2 aromatic carbocycles. The van der Waals surface area contributed by atoms with Crippen molar-refractivity contribution in [2.45, 2.75) is 32.1 Å². The van der Waals surface area contributed by atoms with E-state index >= 15 is 0 Å². The van der Waals surface area contributed by atoms with E-state index in [1.807, 2.05) is 44.9 Å². The van der Waals surface area contributed by atoms with Gasteiger partial charge in [0.25, 0.3) is 0 Å². The summed E-state index contributed by atoms with van der Waals surface area (Å²) in [6, 6.07) is 12.2. The molecule has 0 radical (unpaired) electrons. The van der Waals surface area contributed by atoms with Gasteiger partial charge in [0, 0.05) is 11.2 Å². The highest BCUT2D eigenvalue weighted by atomic mass is 32.2. The van der Waals surface area contributed by atoms with Gasteiger partial charge in [-0.1, -0.05) is 51.1 Å². The number of fused-ring (bicyclic) bond motifs is 1. The van der Waals surface area contributed by atoms with E-state index in [0.717, 1.165) is 16.7 Å². The van der Waals surface area contributed by atoms with Crippen LogP contribution in [0.1, 0.15) is 26.3 Å². The van der Waals surface area contributed by atoms with Crippen molar-refractivity contribution < 1.29 is 9.00 Å². The highest BCUT2D eigenvalue weighted by molar-refractivity contribution is 7.84. The number of carbonyl (C=O) groups excluding carboxylic acids is 1. The highest BCUT2D eigenvalue weighted by Crippen LogP contribution is 2.24. The monoisotopic (exact) mass is 278 g/mol. The minimum atomic E-state index is -0.914. The molecule has 0 aromatic heterocycles. The molecule has 0 N–H and O–H groups in total. The zero-order valence-corrected chi connectivity index (χ0v) is 12.9. The quantitative estimate of drug-likeness (QED) is 0.832. The Balaban J connectivity index is 0.000000741. The summed E-state index contributed by atoms with van der Waals surface area (Å²) in [5.74, 6) is 0. The van der Waals surface area contributed by atoms with Crippen molar-refractivity contribution in [1.29, 1.82) is 0 Å². The molecule has 0 bridgehead atoms. The van der Waals surface area contributed by atoms with E-state index in [1.54, 1.807) is 6.26 Å². The lowest BCUT2D eigenvalue weighted by molar-refractivity contribution is -0.0979. The average molecular weight is 278 g/mol. The summed E-state index contributed by atoms with van der Waals surface area (Å²) >= 11 is 0. The molecule has 2 nitrogen and oxygen atoms in total. The summed E-state index contributed by atoms with van der Waals surface area (Å²) in [6.45, 7) is 8.14. The normalized spacial score (nSPS) is 10.7. The van der Waals surface area contributed by atoms with Gasteiger partial charge < -0.3 is 4.79 Å². The van der Waals surface area contributed by atoms with E-state index in [-0.39, 0.29) is 0 Å². The first-order chi connectivity index (χ1) is 9.24. The molecular weight excluding hydrogens is 256 g/mol. The smallest absolute Gasteiger partial charge is 0.106 e. The van der Waals surface area contributed by atoms with Crippen molar-refractivity contribution in [3.8, 4) is 0 Å². The standard InChI is InChI=1S/C13H14OS.C2H6.CH2O/c1-3-10-6-4-8-12-11(10)7-5-9-13(12)15(2)14;2*1-2/h4-9H,3H2,1-2H3;1-2H3;1H2. The molecular formula is C16H22O2S. The number of benzene rings is 2. The number of rotatable bonds is 2. The highest BCUT2D eigenvalue weighted by Gasteiger charge is 2.05. The molecule has 0 spiro atoms. The van der Waals surface area contributed by atoms with E-state index < -0.39 is 10.8 Å². The van der Waals surface area contributed by atoms with Crippen LogP contribution in [-0.2, 0) is 22.0 Å². The molecule has 19 heavy (non-hydrogen) atoms. The topological polar surface area (TPSA) is 34.1 Å². The lowest BCUT2D eigenvalue weighted by Crippen LogP contribution is -1.91. The van der Waals surface area contributed by atoms with Crippen LogP contribution in [0.15, 0.2) is 41.3 Å². The van der Waals surface area contributed by atoms with E-state index in [4.69, 9.17) is 4.79 Å². The molecule has 0 saturated carbocycles. The zero-order chi connectivity index (χ0) is 14.8. The largest absolute Gasteiger partial charge is 0.307 e. The second kappa shape index (κ2) is 9.45. The Morgan fingerprint density at radius 2 is 1.53 bits per heavy atom. The molecule has 0 aliphatic heterocycles. The van der Waals surface area contributed by atoms with Crippen LogP contribution in [0.3, 0.4) is 0 Å². The van der Waals surface area contributed by atoms with E-state index in [9.17, 15) is 4.21 Å². The van der Waals surface area contributed by atoms with Crippen molar-refractivity contribution in [2.75, 3.05) is 6.26 Å². The van der Waals surface area contributed by atoms with Crippen LogP contribution >= 0.6 is 0 Å². The Kier molecular flexibility index (Phi) is 8.71. The Hall–Kier alpha value is -1.48. The maximum atomic E-state index is 11.6. The summed E-state index contributed by atoms with van der Waals surface area (Å²) in [5.41, 5.74) is 1.32. The van der Waals surface area contributed by atoms with Gasteiger partial charge in [0.2, 0.25) is 0 Å². The lowest BCUT2D eigenvalue weighted by Gasteiger charge is -2.07. The van der Waals surface area contributed by atoms with E-state index in [1.165, 1.54) is 10.9 Å². The van der Waals surface area contributed by atoms with Crippen LogP contribution in [0, 0.1) is 0 Å². The van der Waals surface area contributed by atoms with Crippen molar-refractivity contribution in [1.82, 2.24) is 0 Å². The molecule has 0 fully saturated rings. The predicted molar refractivity (Wildman–Crippen MR) is 84.1 cm³/mol. The fraction of sp³-hybridized carbons (Fsp3) is 0.312. The first-order valence-electron chi connectivity index (χ1n) is 6.37. The van der Waals surface area contributed by atoms with Crippen LogP contribution in [0.25, 0.3) is 10.8 Å². The van der Waals surface area contributed by atoms with Crippen LogP contribution in [0.2, 0.25) is 0 Å². The third-order valence-corrected chi connectivity index (χ3v) is 3.64. The minimum absolute atomic E-state index is 0.914. The van der Waals surface area contributed by atoms with Gasteiger partial charge in [0.05, 0.1) is 10.8 Å². The van der Waals surface area contributed by atoms with Gasteiger partial charge >= 0.3 is 0 Å². The molecule has 0 saturated heterocycles. The maximum absolute atomic E-state index is 11.6. The van der Waals surface area contributed by atoms with Crippen LogP contribution in [-0.4, -0.2) is 17.3 Å². The molecule has 0 amide bonds. The number of hydrogen-bond donors (Lipinski definition) is 0. The van der Waals surface area contributed by atoms with Gasteiger partial charge in [-0.2, -0.15) is 0 Å². The third kappa shape index (κ3) is 4.28. The molecule has 1 atom stereocenters. The molecule has 1 unspecified atom stereocenters. The molecule has 0 aliphatic carbocycles. The number of aryl methyl sites for hydroxylation is 1. The van der Waals surface area contributed by atoms with Crippen molar-refractivity contribution in [3.63, 3.8) is 0 Å². The number of carbonyl (C=O) groups is 1.